The van der Waals surface area contributed by atoms with Gasteiger partial charge in [-0.15, -0.1) is 10.2 Å². The van der Waals surface area contributed by atoms with Crippen molar-refractivity contribution in [3.05, 3.63) is 59.3 Å². The summed E-state index contributed by atoms with van der Waals surface area (Å²) < 4.78 is 7.19. The van der Waals surface area contributed by atoms with Crippen molar-refractivity contribution < 1.29 is 4.42 Å². The average Bonchev–Trinajstić information content (AvgIpc) is 3.10. The summed E-state index contributed by atoms with van der Waals surface area (Å²) in [5.74, 6) is 1.39. The number of rotatable bonds is 3. The maximum absolute atomic E-state index is 6.11. The van der Waals surface area contributed by atoms with Crippen LogP contribution in [0, 0.1) is 6.92 Å². The molecule has 6 heteroatoms. The largest absolute Gasteiger partial charge is 0.455 e. The van der Waals surface area contributed by atoms with E-state index in [1.165, 1.54) is 17.3 Å². The minimum Gasteiger partial charge on any atom is -0.455 e. The van der Waals surface area contributed by atoms with Crippen molar-refractivity contribution in [3.8, 4) is 11.3 Å². The summed E-state index contributed by atoms with van der Waals surface area (Å²) in [6.07, 6.45) is 4.60. The van der Waals surface area contributed by atoms with Gasteiger partial charge in [-0.25, -0.2) is 4.68 Å². The van der Waals surface area contributed by atoms with Crippen molar-refractivity contribution in [1.82, 2.24) is 14.9 Å². The molecule has 2 aromatic heterocycles. The molecule has 0 unspecified atom stereocenters. The van der Waals surface area contributed by atoms with Crippen LogP contribution in [-0.4, -0.2) is 21.1 Å². The van der Waals surface area contributed by atoms with Gasteiger partial charge in [0, 0.05) is 10.6 Å². The zero-order chi connectivity index (χ0) is 13.9. The van der Waals surface area contributed by atoms with Gasteiger partial charge in [0.25, 0.3) is 0 Å². The van der Waals surface area contributed by atoms with Gasteiger partial charge in [0.05, 0.1) is 6.21 Å². The summed E-state index contributed by atoms with van der Waals surface area (Å²) in [7, 11) is 0. The molecule has 0 aliphatic heterocycles. The third-order valence-corrected chi connectivity index (χ3v) is 3.22. The fourth-order valence-electron chi connectivity index (χ4n) is 1.70. The van der Waals surface area contributed by atoms with Crippen molar-refractivity contribution in [1.29, 1.82) is 0 Å². The number of nitrogens with zero attached hydrogens (tertiary/aromatic N) is 4. The van der Waals surface area contributed by atoms with Crippen LogP contribution in [0.1, 0.15) is 11.3 Å². The number of halogens is 1. The number of benzene rings is 1. The van der Waals surface area contributed by atoms with E-state index in [0.29, 0.717) is 5.76 Å². The van der Waals surface area contributed by atoms with Crippen LogP contribution in [0.25, 0.3) is 11.3 Å². The first kappa shape index (κ1) is 12.6. The molecule has 0 atom stereocenters. The van der Waals surface area contributed by atoms with Crippen molar-refractivity contribution in [2.24, 2.45) is 5.10 Å². The summed E-state index contributed by atoms with van der Waals surface area (Å²) in [6.45, 7) is 1.96. The van der Waals surface area contributed by atoms with Crippen LogP contribution in [0.5, 0.6) is 0 Å². The predicted molar refractivity (Wildman–Crippen MR) is 76.9 cm³/mol. The molecule has 3 aromatic rings. The van der Waals surface area contributed by atoms with Crippen molar-refractivity contribution in [2.75, 3.05) is 0 Å². The van der Waals surface area contributed by atoms with Gasteiger partial charge in [-0.2, -0.15) is 5.10 Å². The number of hydrogen-bond donors (Lipinski definition) is 0. The van der Waals surface area contributed by atoms with E-state index in [-0.39, 0.29) is 0 Å². The molecular formula is C14H11ClN4O. The van der Waals surface area contributed by atoms with E-state index in [1.54, 1.807) is 6.21 Å². The number of aromatic nitrogens is 3. The molecule has 0 spiro atoms. The quantitative estimate of drug-likeness (QED) is 0.694. The number of aryl methyl sites for hydroxylation is 1. The summed E-state index contributed by atoms with van der Waals surface area (Å²) >= 11 is 6.11. The minimum absolute atomic E-state index is 0.644. The summed E-state index contributed by atoms with van der Waals surface area (Å²) in [6, 6.07) is 9.55. The molecule has 0 amide bonds. The first-order valence-electron chi connectivity index (χ1n) is 5.98. The third-order valence-electron chi connectivity index (χ3n) is 2.81. The van der Waals surface area contributed by atoms with E-state index in [1.807, 2.05) is 37.3 Å². The molecule has 0 bridgehead atoms. The van der Waals surface area contributed by atoms with E-state index < -0.39 is 0 Å². The zero-order valence-electron chi connectivity index (χ0n) is 10.7. The molecule has 3 rings (SSSR count). The lowest BCUT2D eigenvalue weighted by atomic mass is 10.1. The summed E-state index contributed by atoms with van der Waals surface area (Å²) in [5.41, 5.74) is 1.97. The smallest absolute Gasteiger partial charge is 0.147 e. The molecule has 100 valence electrons. The van der Waals surface area contributed by atoms with E-state index in [9.17, 15) is 0 Å². The summed E-state index contributed by atoms with van der Waals surface area (Å²) in [5, 5.41) is 12.2. The SMILES string of the molecule is Cc1ccc(-c2ccc(/C=N/n3cnnc3)o2)cc1Cl. The highest BCUT2D eigenvalue weighted by molar-refractivity contribution is 6.31. The fourth-order valence-corrected chi connectivity index (χ4v) is 1.88. The van der Waals surface area contributed by atoms with Crippen molar-refractivity contribution >= 4 is 17.8 Å². The number of furan rings is 1. The lowest BCUT2D eigenvalue weighted by molar-refractivity contribution is 0.574. The molecule has 0 N–H and O–H groups in total. The Morgan fingerprint density at radius 3 is 2.75 bits per heavy atom. The molecule has 0 radical (unpaired) electrons. The highest BCUT2D eigenvalue weighted by Crippen LogP contribution is 2.26. The van der Waals surface area contributed by atoms with Crippen LogP contribution < -0.4 is 0 Å². The highest BCUT2D eigenvalue weighted by Gasteiger charge is 2.05. The van der Waals surface area contributed by atoms with Gasteiger partial charge >= 0.3 is 0 Å². The van der Waals surface area contributed by atoms with Crippen LogP contribution in [0.2, 0.25) is 5.02 Å². The van der Waals surface area contributed by atoms with Gasteiger partial charge in [0.1, 0.15) is 24.2 Å². The molecular weight excluding hydrogens is 276 g/mol. The normalized spacial score (nSPS) is 11.3. The second kappa shape index (κ2) is 5.30. The van der Waals surface area contributed by atoms with E-state index >= 15 is 0 Å². The van der Waals surface area contributed by atoms with Crippen LogP contribution in [0.3, 0.4) is 0 Å². The van der Waals surface area contributed by atoms with Gasteiger partial charge in [0.2, 0.25) is 0 Å². The molecule has 2 heterocycles. The van der Waals surface area contributed by atoms with E-state index in [2.05, 4.69) is 15.3 Å². The molecule has 1 aromatic carbocycles. The summed E-state index contributed by atoms with van der Waals surface area (Å²) in [4.78, 5) is 0. The molecule has 5 nitrogen and oxygen atoms in total. The van der Waals surface area contributed by atoms with Gasteiger partial charge in [-0.3, -0.25) is 0 Å². The molecule has 0 saturated heterocycles. The van der Waals surface area contributed by atoms with Gasteiger partial charge < -0.3 is 4.42 Å². The zero-order valence-corrected chi connectivity index (χ0v) is 11.4. The van der Waals surface area contributed by atoms with Crippen molar-refractivity contribution in [3.63, 3.8) is 0 Å². The van der Waals surface area contributed by atoms with Gasteiger partial charge in [0.15, 0.2) is 0 Å². The predicted octanol–water partition coefficient (Wildman–Crippen LogP) is 3.38. The monoisotopic (exact) mass is 286 g/mol. The molecule has 20 heavy (non-hydrogen) atoms. The third kappa shape index (κ3) is 2.62. The van der Waals surface area contributed by atoms with Crippen LogP contribution in [-0.2, 0) is 0 Å². The second-order valence-electron chi connectivity index (χ2n) is 4.25. The van der Waals surface area contributed by atoms with Crippen LogP contribution >= 0.6 is 11.6 Å². The fraction of sp³-hybridized carbons (Fsp3) is 0.0714. The van der Waals surface area contributed by atoms with Crippen LogP contribution in [0.15, 0.2) is 52.5 Å². The molecule has 0 saturated carbocycles. The lowest BCUT2D eigenvalue weighted by Crippen LogP contribution is -1.84. The topological polar surface area (TPSA) is 56.2 Å². The minimum atomic E-state index is 0.644. The van der Waals surface area contributed by atoms with E-state index in [0.717, 1.165) is 21.9 Å². The standard InChI is InChI=1S/C14H11ClN4O/c1-10-2-3-11(6-13(10)15)14-5-4-12(20-14)7-18-19-8-16-17-9-19/h2-9H,1H3/b18-7+. The first-order chi connectivity index (χ1) is 9.72. The van der Waals surface area contributed by atoms with Crippen molar-refractivity contribution in [2.45, 2.75) is 6.92 Å². The van der Waals surface area contributed by atoms with E-state index in [4.69, 9.17) is 16.0 Å². The maximum Gasteiger partial charge on any atom is 0.147 e. The lowest BCUT2D eigenvalue weighted by Gasteiger charge is -2.00. The number of hydrogen-bond acceptors (Lipinski definition) is 4. The highest BCUT2D eigenvalue weighted by atomic mass is 35.5. The molecule has 0 fully saturated rings. The Bertz CT molecular complexity index is 746. The Balaban J connectivity index is 1.84. The Hall–Kier alpha value is -2.40. The average molecular weight is 287 g/mol. The Kier molecular flexibility index (Phi) is 3.35. The van der Waals surface area contributed by atoms with Gasteiger partial charge in [-0.05, 0) is 30.7 Å². The Morgan fingerprint density at radius 2 is 2.00 bits per heavy atom. The second-order valence-corrected chi connectivity index (χ2v) is 4.66. The van der Waals surface area contributed by atoms with Crippen LogP contribution in [0.4, 0.5) is 0 Å². The maximum atomic E-state index is 6.11. The first-order valence-corrected chi connectivity index (χ1v) is 6.35. The van der Waals surface area contributed by atoms with Gasteiger partial charge in [-0.1, -0.05) is 23.7 Å². The Labute approximate surface area is 120 Å². The Morgan fingerprint density at radius 1 is 1.20 bits per heavy atom. The molecule has 0 aliphatic carbocycles. The molecule has 0 aliphatic rings.